The lowest BCUT2D eigenvalue weighted by Gasteiger charge is -2.10. The van der Waals surface area contributed by atoms with Gasteiger partial charge in [0.05, 0.1) is 25.4 Å². The maximum atomic E-state index is 12.7. The van der Waals surface area contributed by atoms with Gasteiger partial charge in [-0.3, -0.25) is 14.3 Å². The van der Waals surface area contributed by atoms with E-state index in [0.29, 0.717) is 28.1 Å². The van der Waals surface area contributed by atoms with Crippen LogP contribution < -0.4 is 15.4 Å². The second-order valence-electron chi connectivity index (χ2n) is 7.50. The normalized spacial score (nSPS) is 10.9. The van der Waals surface area contributed by atoms with Crippen molar-refractivity contribution in [1.82, 2.24) is 29.4 Å². The fourth-order valence-electron chi connectivity index (χ4n) is 3.43. The molecular formula is C22H24N8O3S. The van der Waals surface area contributed by atoms with Crippen molar-refractivity contribution in [1.29, 1.82) is 0 Å². The molecule has 176 valence electrons. The Labute approximate surface area is 199 Å². The largest absolute Gasteiger partial charge is 0.497 e. The van der Waals surface area contributed by atoms with Gasteiger partial charge < -0.3 is 15.4 Å². The molecule has 0 aliphatic carbocycles. The molecule has 0 unspecified atom stereocenters. The van der Waals surface area contributed by atoms with E-state index in [0.717, 1.165) is 17.0 Å². The molecule has 0 spiro atoms. The van der Waals surface area contributed by atoms with Crippen LogP contribution in [0.3, 0.4) is 0 Å². The first-order chi connectivity index (χ1) is 16.4. The van der Waals surface area contributed by atoms with Crippen molar-refractivity contribution in [3.05, 3.63) is 53.6 Å². The number of anilines is 2. The van der Waals surface area contributed by atoms with Crippen LogP contribution in [0.4, 0.5) is 11.4 Å². The number of benzene rings is 1. The molecule has 0 aliphatic heterocycles. The molecule has 1 aromatic carbocycles. The molecule has 2 N–H and O–H groups in total. The van der Waals surface area contributed by atoms with E-state index in [1.165, 1.54) is 22.6 Å². The third kappa shape index (κ3) is 5.17. The van der Waals surface area contributed by atoms with Crippen LogP contribution in [0.15, 0.2) is 41.8 Å². The minimum Gasteiger partial charge on any atom is -0.497 e. The number of carbonyl (C=O) groups excluding carboxylic acids is 2. The summed E-state index contributed by atoms with van der Waals surface area (Å²) in [6, 6.07) is 7.03. The van der Waals surface area contributed by atoms with Gasteiger partial charge in [-0.05, 0) is 44.4 Å². The van der Waals surface area contributed by atoms with Gasteiger partial charge in [0.1, 0.15) is 12.3 Å². The molecule has 0 saturated heterocycles. The summed E-state index contributed by atoms with van der Waals surface area (Å²) in [5.41, 5.74) is 3.48. The van der Waals surface area contributed by atoms with Gasteiger partial charge in [0.25, 0.3) is 5.78 Å². The van der Waals surface area contributed by atoms with Crippen LogP contribution in [0.2, 0.25) is 0 Å². The first kappa shape index (κ1) is 23.2. The minimum absolute atomic E-state index is 0.00474. The number of nitrogens with one attached hydrogen (secondary N) is 2. The van der Waals surface area contributed by atoms with E-state index in [1.807, 2.05) is 20.1 Å². The summed E-state index contributed by atoms with van der Waals surface area (Å²) in [5, 5.41) is 14.8. The van der Waals surface area contributed by atoms with Gasteiger partial charge in [0, 0.05) is 28.8 Å². The van der Waals surface area contributed by atoms with Crippen LogP contribution in [0.25, 0.3) is 5.78 Å². The molecule has 11 nitrogen and oxygen atoms in total. The maximum Gasteiger partial charge on any atom is 0.253 e. The van der Waals surface area contributed by atoms with Crippen molar-refractivity contribution in [2.45, 2.75) is 32.0 Å². The van der Waals surface area contributed by atoms with Crippen molar-refractivity contribution < 1.29 is 14.3 Å². The molecule has 0 fully saturated rings. The van der Waals surface area contributed by atoms with Crippen molar-refractivity contribution in [3.8, 4) is 5.75 Å². The molecule has 0 atom stereocenters. The van der Waals surface area contributed by atoms with E-state index >= 15 is 0 Å². The molecule has 3 heterocycles. The number of aryl methyl sites for hydroxylation is 2. The molecule has 3 aromatic heterocycles. The van der Waals surface area contributed by atoms with Gasteiger partial charge in [-0.15, -0.1) is 5.10 Å². The fourth-order valence-corrected chi connectivity index (χ4v) is 3.77. The van der Waals surface area contributed by atoms with Crippen LogP contribution in [0.1, 0.15) is 17.0 Å². The summed E-state index contributed by atoms with van der Waals surface area (Å²) in [5.74, 6) is 0.754. The van der Waals surface area contributed by atoms with Gasteiger partial charge >= 0.3 is 0 Å². The SMILES string of the molecule is COc1ccc(NC(=O)Cn2cc(NC(=O)Cc3c(C)nc4nc(SC)nn4c3C)cn2)cc1. The summed E-state index contributed by atoms with van der Waals surface area (Å²) in [6.45, 7) is 3.75. The van der Waals surface area contributed by atoms with Crippen LogP contribution in [-0.4, -0.2) is 54.5 Å². The van der Waals surface area contributed by atoms with Crippen molar-refractivity contribution in [2.75, 3.05) is 24.0 Å². The molecule has 2 amide bonds. The predicted octanol–water partition coefficient (Wildman–Crippen LogP) is 2.49. The third-order valence-electron chi connectivity index (χ3n) is 5.15. The molecule has 0 aliphatic rings. The van der Waals surface area contributed by atoms with Crippen LogP contribution >= 0.6 is 11.8 Å². The summed E-state index contributed by atoms with van der Waals surface area (Å²) in [7, 11) is 1.58. The van der Waals surface area contributed by atoms with Gasteiger partial charge in [0.2, 0.25) is 17.0 Å². The highest BCUT2D eigenvalue weighted by atomic mass is 32.2. The monoisotopic (exact) mass is 480 g/mol. The number of aromatic nitrogens is 6. The Morgan fingerprint density at radius 3 is 2.50 bits per heavy atom. The second kappa shape index (κ2) is 9.91. The lowest BCUT2D eigenvalue weighted by molar-refractivity contribution is -0.117. The second-order valence-corrected chi connectivity index (χ2v) is 8.27. The van der Waals surface area contributed by atoms with Crippen molar-refractivity contribution >= 4 is 40.7 Å². The first-order valence-corrected chi connectivity index (χ1v) is 11.6. The predicted molar refractivity (Wildman–Crippen MR) is 128 cm³/mol. The van der Waals surface area contributed by atoms with Crippen molar-refractivity contribution in [3.63, 3.8) is 0 Å². The Morgan fingerprint density at radius 1 is 1.06 bits per heavy atom. The maximum absolute atomic E-state index is 12.7. The lowest BCUT2D eigenvalue weighted by Crippen LogP contribution is -2.19. The number of carbonyl (C=O) groups is 2. The molecule has 12 heteroatoms. The van der Waals surface area contributed by atoms with E-state index in [-0.39, 0.29) is 24.8 Å². The summed E-state index contributed by atoms with van der Waals surface area (Å²) < 4.78 is 8.22. The fraction of sp³-hybridized carbons (Fsp3) is 0.273. The number of hydrogen-bond donors (Lipinski definition) is 2. The molecule has 0 bridgehead atoms. The molecule has 4 rings (SSSR count). The number of nitrogens with zero attached hydrogens (tertiary/aromatic N) is 6. The van der Waals surface area contributed by atoms with Crippen LogP contribution in [-0.2, 0) is 22.6 Å². The number of thioether (sulfide) groups is 1. The number of amides is 2. The average molecular weight is 481 g/mol. The Bertz CT molecular complexity index is 1350. The minimum atomic E-state index is -0.241. The van der Waals surface area contributed by atoms with E-state index in [4.69, 9.17) is 4.74 Å². The van der Waals surface area contributed by atoms with Gasteiger partial charge in [-0.1, -0.05) is 11.8 Å². The Kier molecular flexibility index (Phi) is 6.77. The van der Waals surface area contributed by atoms with Crippen molar-refractivity contribution in [2.24, 2.45) is 0 Å². The van der Waals surface area contributed by atoms with E-state index in [9.17, 15) is 9.59 Å². The molecule has 0 saturated carbocycles. The molecule has 34 heavy (non-hydrogen) atoms. The number of hydrogen-bond acceptors (Lipinski definition) is 8. The molecule has 0 radical (unpaired) electrons. The lowest BCUT2D eigenvalue weighted by atomic mass is 10.1. The first-order valence-electron chi connectivity index (χ1n) is 10.4. The van der Waals surface area contributed by atoms with E-state index < -0.39 is 0 Å². The number of rotatable bonds is 8. The van der Waals surface area contributed by atoms with Gasteiger partial charge in [-0.25, -0.2) is 9.50 Å². The summed E-state index contributed by atoms with van der Waals surface area (Å²) in [6.07, 6.45) is 5.13. The van der Waals surface area contributed by atoms with Crippen LogP contribution in [0, 0.1) is 13.8 Å². The van der Waals surface area contributed by atoms with E-state index in [1.54, 1.807) is 42.1 Å². The summed E-state index contributed by atoms with van der Waals surface area (Å²) in [4.78, 5) is 33.8. The number of fused-ring (bicyclic) bond motifs is 1. The van der Waals surface area contributed by atoms with Gasteiger partial charge in [0.15, 0.2) is 0 Å². The quantitative estimate of drug-likeness (QED) is 0.368. The molecule has 4 aromatic rings. The number of ether oxygens (including phenoxy) is 1. The number of methoxy groups -OCH3 is 1. The smallest absolute Gasteiger partial charge is 0.253 e. The van der Waals surface area contributed by atoms with E-state index in [2.05, 4.69) is 30.8 Å². The Morgan fingerprint density at radius 2 is 1.79 bits per heavy atom. The third-order valence-corrected chi connectivity index (χ3v) is 5.68. The topological polar surface area (TPSA) is 128 Å². The Balaban J connectivity index is 1.37. The summed E-state index contributed by atoms with van der Waals surface area (Å²) >= 11 is 1.43. The highest BCUT2D eigenvalue weighted by Crippen LogP contribution is 2.18. The Hall–Kier alpha value is -3.93. The standard InChI is InChI=1S/C22H24N8O3S/c1-13-18(14(2)30-21(24-13)27-22(28-30)34-4)9-19(31)26-16-10-23-29(11-16)12-20(32)25-15-5-7-17(33-3)8-6-15/h5-8,10-11H,9,12H2,1-4H3,(H,25,32)(H,26,31). The van der Waals surface area contributed by atoms with Gasteiger partial charge in [-0.2, -0.15) is 10.1 Å². The zero-order chi connectivity index (χ0) is 24.2. The highest BCUT2D eigenvalue weighted by molar-refractivity contribution is 7.98. The zero-order valence-corrected chi connectivity index (χ0v) is 20.0. The molecular weight excluding hydrogens is 456 g/mol. The highest BCUT2D eigenvalue weighted by Gasteiger charge is 2.16. The van der Waals surface area contributed by atoms with Crippen LogP contribution in [0.5, 0.6) is 5.75 Å². The average Bonchev–Trinajstić information content (AvgIpc) is 3.43. The zero-order valence-electron chi connectivity index (χ0n) is 19.2.